The van der Waals surface area contributed by atoms with E-state index in [9.17, 15) is 0 Å². The zero-order chi connectivity index (χ0) is 13.6. The molecule has 3 rings (SSSR count). The minimum Gasteiger partial charge on any atom is -0.353 e. The minimum absolute atomic E-state index is 0.345. The Morgan fingerprint density at radius 1 is 0.895 bits per heavy atom. The number of hydrogen-bond donors (Lipinski definition) is 0. The van der Waals surface area contributed by atoms with Crippen molar-refractivity contribution in [2.45, 2.75) is 26.9 Å². The van der Waals surface area contributed by atoms with Gasteiger partial charge < -0.3 is 9.80 Å². The summed E-state index contributed by atoms with van der Waals surface area (Å²) in [5, 5.41) is 0. The molecule has 0 aromatic heterocycles. The van der Waals surface area contributed by atoms with E-state index < -0.39 is 0 Å². The molecule has 1 atom stereocenters. The normalized spacial score (nSPS) is 17.8. The monoisotopic (exact) mass is 252 g/mol. The Balaban J connectivity index is 2.18. The lowest BCUT2D eigenvalue weighted by Crippen LogP contribution is -2.35. The molecule has 0 saturated heterocycles. The van der Waals surface area contributed by atoms with E-state index >= 15 is 0 Å². The highest BCUT2D eigenvalue weighted by Crippen LogP contribution is 2.43. The molecule has 0 saturated carbocycles. The van der Waals surface area contributed by atoms with Crippen LogP contribution >= 0.6 is 0 Å². The van der Waals surface area contributed by atoms with Crippen molar-refractivity contribution in [3.05, 3.63) is 53.6 Å². The summed E-state index contributed by atoms with van der Waals surface area (Å²) >= 11 is 0. The predicted molar refractivity (Wildman–Crippen MR) is 82.4 cm³/mol. The first-order chi connectivity index (χ1) is 9.09. The molecule has 0 unspecified atom stereocenters. The molecule has 1 aliphatic rings. The molecular weight excluding hydrogens is 232 g/mol. The van der Waals surface area contributed by atoms with Crippen molar-refractivity contribution in [2.75, 3.05) is 16.8 Å². The number of hydrogen-bond acceptors (Lipinski definition) is 2. The first-order valence-electron chi connectivity index (χ1n) is 6.78. The second-order valence-electron chi connectivity index (χ2n) is 5.39. The molecule has 2 nitrogen and oxygen atoms in total. The maximum absolute atomic E-state index is 2.43. The van der Waals surface area contributed by atoms with Crippen LogP contribution in [0.15, 0.2) is 42.5 Å². The van der Waals surface area contributed by atoms with Crippen LogP contribution in [0.5, 0.6) is 0 Å². The molecule has 0 N–H and O–H groups in total. The lowest BCUT2D eigenvalue weighted by Gasteiger charge is -2.29. The van der Waals surface area contributed by atoms with E-state index in [2.05, 4.69) is 80.1 Å². The molecule has 0 spiro atoms. The van der Waals surface area contributed by atoms with Gasteiger partial charge in [-0.25, -0.2) is 0 Å². The Morgan fingerprint density at radius 2 is 1.58 bits per heavy atom. The molecule has 0 fully saturated rings. The third-order valence-corrected chi connectivity index (χ3v) is 4.08. The number of para-hydroxylation sites is 2. The summed E-state index contributed by atoms with van der Waals surface area (Å²) in [7, 11) is 2.16. The van der Waals surface area contributed by atoms with Crippen molar-refractivity contribution in [1.29, 1.82) is 0 Å². The van der Waals surface area contributed by atoms with Crippen LogP contribution in [0.4, 0.5) is 17.1 Å². The third-order valence-electron chi connectivity index (χ3n) is 4.08. The number of fused-ring (bicyclic) bond motifs is 1. The van der Waals surface area contributed by atoms with E-state index in [1.54, 1.807) is 0 Å². The van der Waals surface area contributed by atoms with Crippen molar-refractivity contribution < 1.29 is 0 Å². The van der Waals surface area contributed by atoms with Crippen LogP contribution in [0.3, 0.4) is 0 Å². The summed E-state index contributed by atoms with van der Waals surface area (Å²) in [4.78, 5) is 4.76. The molecule has 0 aliphatic carbocycles. The predicted octanol–water partition coefficient (Wildman–Crippen LogP) is 4.24. The fourth-order valence-electron chi connectivity index (χ4n) is 2.85. The number of aryl methyl sites for hydroxylation is 2. The zero-order valence-corrected chi connectivity index (χ0v) is 12.0. The van der Waals surface area contributed by atoms with Gasteiger partial charge in [-0.15, -0.1) is 0 Å². The average molecular weight is 252 g/mol. The van der Waals surface area contributed by atoms with Gasteiger partial charge in [-0.1, -0.05) is 24.3 Å². The summed E-state index contributed by atoms with van der Waals surface area (Å²) < 4.78 is 0. The summed E-state index contributed by atoms with van der Waals surface area (Å²) in [6, 6.07) is 15.3. The summed E-state index contributed by atoms with van der Waals surface area (Å²) in [6.45, 7) is 6.59. The van der Waals surface area contributed by atoms with Crippen molar-refractivity contribution in [3.8, 4) is 0 Å². The van der Waals surface area contributed by atoms with Gasteiger partial charge in [-0.05, 0) is 50.1 Å². The van der Waals surface area contributed by atoms with E-state index in [4.69, 9.17) is 0 Å². The highest BCUT2D eigenvalue weighted by molar-refractivity contribution is 5.84. The summed E-state index contributed by atoms with van der Waals surface area (Å²) in [5.41, 5.74) is 6.54. The first-order valence-corrected chi connectivity index (χ1v) is 6.78. The maximum atomic E-state index is 2.43. The molecule has 1 aliphatic heterocycles. The van der Waals surface area contributed by atoms with E-state index in [1.165, 1.54) is 28.2 Å². The third kappa shape index (κ3) is 1.79. The van der Waals surface area contributed by atoms with Gasteiger partial charge >= 0.3 is 0 Å². The zero-order valence-electron chi connectivity index (χ0n) is 12.0. The molecule has 2 heteroatoms. The SMILES string of the molecule is Cc1ccc(C)c(N2c3ccccc3N(C)[C@@H]2C)c1. The van der Waals surface area contributed by atoms with Gasteiger partial charge in [0.2, 0.25) is 0 Å². The molecular formula is C17H20N2. The molecule has 0 amide bonds. The van der Waals surface area contributed by atoms with Gasteiger partial charge in [0.05, 0.1) is 11.4 Å². The van der Waals surface area contributed by atoms with Crippen LogP contribution in [-0.4, -0.2) is 13.2 Å². The van der Waals surface area contributed by atoms with Crippen molar-refractivity contribution in [3.63, 3.8) is 0 Å². The quantitative estimate of drug-likeness (QED) is 0.749. The molecule has 2 aromatic carbocycles. The van der Waals surface area contributed by atoms with Crippen LogP contribution in [0.2, 0.25) is 0 Å². The summed E-state index contributed by atoms with van der Waals surface area (Å²) in [6.07, 6.45) is 0.345. The number of anilines is 3. The van der Waals surface area contributed by atoms with E-state index in [0.29, 0.717) is 6.17 Å². The van der Waals surface area contributed by atoms with Crippen LogP contribution < -0.4 is 9.80 Å². The maximum Gasteiger partial charge on any atom is 0.103 e. The Labute approximate surface area is 115 Å². The van der Waals surface area contributed by atoms with Gasteiger partial charge in [0.15, 0.2) is 0 Å². The lowest BCUT2D eigenvalue weighted by molar-refractivity contribution is 0.732. The number of benzene rings is 2. The van der Waals surface area contributed by atoms with Gasteiger partial charge in [0.25, 0.3) is 0 Å². The van der Waals surface area contributed by atoms with E-state index in [0.717, 1.165) is 0 Å². The number of rotatable bonds is 1. The number of nitrogens with zero attached hydrogens (tertiary/aromatic N) is 2. The van der Waals surface area contributed by atoms with Crippen molar-refractivity contribution in [1.82, 2.24) is 0 Å². The van der Waals surface area contributed by atoms with Crippen molar-refractivity contribution >= 4 is 17.1 Å². The van der Waals surface area contributed by atoms with Crippen LogP contribution in [-0.2, 0) is 0 Å². The Kier molecular flexibility index (Phi) is 2.74. The largest absolute Gasteiger partial charge is 0.353 e. The Bertz CT molecular complexity index is 618. The van der Waals surface area contributed by atoms with E-state index in [-0.39, 0.29) is 0 Å². The average Bonchev–Trinajstić information content (AvgIpc) is 2.66. The Hall–Kier alpha value is -1.96. The van der Waals surface area contributed by atoms with Crippen molar-refractivity contribution in [2.24, 2.45) is 0 Å². The van der Waals surface area contributed by atoms with Gasteiger partial charge in [0, 0.05) is 12.7 Å². The van der Waals surface area contributed by atoms with Crippen LogP contribution in [0.1, 0.15) is 18.1 Å². The molecule has 19 heavy (non-hydrogen) atoms. The second-order valence-corrected chi connectivity index (χ2v) is 5.39. The van der Waals surface area contributed by atoms with Gasteiger partial charge in [-0.3, -0.25) is 0 Å². The fourth-order valence-corrected chi connectivity index (χ4v) is 2.85. The topological polar surface area (TPSA) is 6.48 Å². The molecule has 0 bridgehead atoms. The fraction of sp³-hybridized carbons (Fsp3) is 0.294. The smallest absolute Gasteiger partial charge is 0.103 e. The van der Waals surface area contributed by atoms with Gasteiger partial charge in [0.1, 0.15) is 6.17 Å². The van der Waals surface area contributed by atoms with Crippen LogP contribution in [0, 0.1) is 13.8 Å². The van der Waals surface area contributed by atoms with Gasteiger partial charge in [-0.2, -0.15) is 0 Å². The molecule has 1 heterocycles. The Morgan fingerprint density at radius 3 is 2.32 bits per heavy atom. The molecule has 0 radical (unpaired) electrons. The van der Waals surface area contributed by atoms with Crippen LogP contribution in [0.25, 0.3) is 0 Å². The van der Waals surface area contributed by atoms with E-state index in [1.807, 2.05) is 0 Å². The lowest BCUT2D eigenvalue weighted by atomic mass is 10.1. The summed E-state index contributed by atoms with van der Waals surface area (Å²) in [5.74, 6) is 0. The first kappa shape index (κ1) is 12.1. The second kappa shape index (κ2) is 4.30. The minimum atomic E-state index is 0.345. The highest BCUT2D eigenvalue weighted by Gasteiger charge is 2.31. The molecule has 98 valence electrons. The highest BCUT2D eigenvalue weighted by atomic mass is 15.4. The molecule has 2 aromatic rings. The standard InChI is InChI=1S/C17H20N2/c1-12-9-10-13(2)17(11-12)19-14(3)18(4)15-7-5-6-8-16(15)19/h5-11,14H,1-4H3/t14-/m0/s1.